The lowest BCUT2D eigenvalue weighted by Crippen LogP contribution is -2.53. The second-order valence-corrected chi connectivity index (χ2v) is 6.60. The Bertz CT molecular complexity index is 346. The van der Waals surface area contributed by atoms with Gasteiger partial charge in [0.05, 0.1) is 6.10 Å². The molecule has 0 aromatic carbocycles. The van der Waals surface area contributed by atoms with Gasteiger partial charge in [-0.2, -0.15) is 0 Å². The molecule has 0 aromatic heterocycles. The number of hydrogen-bond donors (Lipinski definition) is 2. The van der Waals surface area contributed by atoms with Gasteiger partial charge in [0.2, 0.25) is 0 Å². The van der Waals surface area contributed by atoms with Crippen LogP contribution in [0.25, 0.3) is 0 Å². The van der Waals surface area contributed by atoms with Gasteiger partial charge in [0.25, 0.3) is 0 Å². The minimum atomic E-state index is -0.727. The van der Waals surface area contributed by atoms with E-state index in [4.69, 9.17) is 4.74 Å². The van der Waals surface area contributed by atoms with Gasteiger partial charge in [-0.05, 0) is 52.0 Å². The molecule has 1 aliphatic heterocycles. The number of ether oxygens (including phenoxy) is 1. The minimum Gasteiger partial charge on any atom is -0.480 e. The Hall–Kier alpha value is -0.650. The molecule has 122 valence electrons. The van der Waals surface area contributed by atoms with Crippen LogP contribution >= 0.6 is 0 Å². The molecule has 1 aliphatic carbocycles. The van der Waals surface area contributed by atoms with Crippen LogP contribution in [-0.4, -0.2) is 59.9 Å². The molecule has 2 atom stereocenters. The Balaban J connectivity index is 1.81. The van der Waals surface area contributed by atoms with Crippen LogP contribution in [0.15, 0.2) is 0 Å². The number of hydrogen-bond acceptors (Lipinski definition) is 4. The summed E-state index contributed by atoms with van der Waals surface area (Å²) >= 11 is 0. The zero-order valence-electron chi connectivity index (χ0n) is 13.4. The quantitative estimate of drug-likeness (QED) is 0.716. The largest absolute Gasteiger partial charge is 0.480 e. The molecule has 5 nitrogen and oxygen atoms in total. The highest BCUT2D eigenvalue weighted by Crippen LogP contribution is 2.27. The monoisotopic (exact) mass is 298 g/mol. The maximum Gasteiger partial charge on any atom is 0.323 e. The van der Waals surface area contributed by atoms with Gasteiger partial charge < -0.3 is 14.7 Å². The van der Waals surface area contributed by atoms with E-state index in [0.717, 1.165) is 51.9 Å². The Labute approximate surface area is 128 Å². The first kappa shape index (κ1) is 16.7. The number of carboxylic acid groups (broad SMARTS) is 1. The lowest BCUT2D eigenvalue weighted by molar-refractivity contribution is -0.145. The summed E-state index contributed by atoms with van der Waals surface area (Å²) in [7, 11) is 0. The van der Waals surface area contributed by atoms with Gasteiger partial charge in [0.1, 0.15) is 5.54 Å². The third kappa shape index (κ3) is 4.94. The maximum atomic E-state index is 11.7. The zero-order chi connectivity index (χ0) is 15.3. The molecule has 1 saturated heterocycles. The van der Waals surface area contributed by atoms with Crippen LogP contribution < -0.4 is 5.32 Å². The average Bonchev–Trinajstić information content (AvgIpc) is 3.26. The lowest BCUT2D eigenvalue weighted by atomic mass is 9.90. The highest BCUT2D eigenvalue weighted by Gasteiger charge is 2.40. The van der Waals surface area contributed by atoms with E-state index < -0.39 is 11.5 Å². The van der Waals surface area contributed by atoms with E-state index in [1.165, 1.54) is 0 Å². The van der Waals surface area contributed by atoms with Crippen molar-refractivity contribution < 1.29 is 14.6 Å². The molecule has 0 radical (unpaired) electrons. The summed E-state index contributed by atoms with van der Waals surface area (Å²) in [5.41, 5.74) is -0.727. The number of carbonyl (C=O) groups is 1. The van der Waals surface area contributed by atoms with Crippen LogP contribution in [0.2, 0.25) is 0 Å². The molecule has 0 aromatic rings. The number of aliphatic carboxylic acids is 1. The molecule has 0 amide bonds. The van der Waals surface area contributed by atoms with Gasteiger partial charge in [-0.1, -0.05) is 6.92 Å². The van der Waals surface area contributed by atoms with Crippen molar-refractivity contribution in [1.29, 1.82) is 0 Å². The van der Waals surface area contributed by atoms with Crippen LogP contribution in [0, 0.1) is 0 Å². The van der Waals surface area contributed by atoms with Crippen molar-refractivity contribution in [2.45, 2.75) is 70.1 Å². The maximum absolute atomic E-state index is 11.7. The normalized spacial score (nSPS) is 27.0. The molecule has 2 fully saturated rings. The standard InChI is InChI=1S/C16H30N2O3/c1-3-16(15(19)20,17-14-6-7-14)8-4-9-18-10-5-11-21-13(2)12-18/h13-14,17H,3-12H2,1-2H3,(H,19,20). The molecule has 2 rings (SSSR count). The van der Waals surface area contributed by atoms with E-state index in [9.17, 15) is 9.90 Å². The highest BCUT2D eigenvalue weighted by molar-refractivity contribution is 5.78. The van der Waals surface area contributed by atoms with Gasteiger partial charge in [-0.25, -0.2) is 0 Å². The smallest absolute Gasteiger partial charge is 0.323 e. The van der Waals surface area contributed by atoms with E-state index in [0.29, 0.717) is 18.9 Å². The molecule has 2 N–H and O–H groups in total. The van der Waals surface area contributed by atoms with Crippen molar-refractivity contribution in [3.05, 3.63) is 0 Å². The summed E-state index contributed by atoms with van der Waals surface area (Å²) in [5.74, 6) is -0.690. The Kier molecular flexibility index (Phi) is 6.02. The second kappa shape index (κ2) is 7.56. The van der Waals surface area contributed by atoms with Crippen molar-refractivity contribution in [1.82, 2.24) is 10.2 Å². The van der Waals surface area contributed by atoms with Gasteiger partial charge in [-0.3, -0.25) is 10.1 Å². The molecule has 1 heterocycles. The third-order valence-corrected chi connectivity index (χ3v) is 4.68. The molecule has 1 saturated carbocycles. The fourth-order valence-corrected chi connectivity index (χ4v) is 3.18. The van der Waals surface area contributed by atoms with Crippen LogP contribution in [-0.2, 0) is 9.53 Å². The Morgan fingerprint density at radius 2 is 2.24 bits per heavy atom. The van der Waals surface area contributed by atoms with Crippen LogP contribution in [0.3, 0.4) is 0 Å². The SMILES string of the molecule is CCC(CCCN1CCCOC(C)C1)(NC1CC1)C(=O)O. The summed E-state index contributed by atoms with van der Waals surface area (Å²) in [5, 5.41) is 13.0. The molecule has 5 heteroatoms. The predicted molar refractivity (Wildman–Crippen MR) is 82.5 cm³/mol. The molecular formula is C16H30N2O3. The number of carboxylic acids is 1. The Morgan fingerprint density at radius 3 is 2.86 bits per heavy atom. The summed E-state index contributed by atoms with van der Waals surface area (Å²) in [6, 6.07) is 0.424. The minimum absolute atomic E-state index is 0.285. The van der Waals surface area contributed by atoms with E-state index in [-0.39, 0.29) is 6.10 Å². The van der Waals surface area contributed by atoms with Gasteiger partial charge >= 0.3 is 5.97 Å². The van der Waals surface area contributed by atoms with E-state index in [1.54, 1.807) is 0 Å². The van der Waals surface area contributed by atoms with Crippen LogP contribution in [0.5, 0.6) is 0 Å². The summed E-state index contributed by atoms with van der Waals surface area (Å²) in [6.45, 7) is 7.92. The summed E-state index contributed by atoms with van der Waals surface area (Å²) < 4.78 is 5.65. The van der Waals surface area contributed by atoms with E-state index in [1.807, 2.05) is 6.92 Å². The molecule has 0 bridgehead atoms. The first-order valence-corrected chi connectivity index (χ1v) is 8.41. The molecular weight excluding hydrogens is 268 g/mol. The topological polar surface area (TPSA) is 61.8 Å². The summed E-state index contributed by atoms with van der Waals surface area (Å²) in [6.07, 6.45) is 5.88. The van der Waals surface area contributed by atoms with Crippen molar-refractivity contribution in [2.75, 3.05) is 26.2 Å². The second-order valence-electron chi connectivity index (χ2n) is 6.60. The first-order chi connectivity index (χ1) is 10.1. The fourth-order valence-electron chi connectivity index (χ4n) is 3.18. The number of rotatable bonds is 8. The van der Waals surface area contributed by atoms with Gasteiger partial charge in [0.15, 0.2) is 0 Å². The van der Waals surface area contributed by atoms with Gasteiger partial charge in [-0.15, -0.1) is 0 Å². The first-order valence-electron chi connectivity index (χ1n) is 8.41. The van der Waals surface area contributed by atoms with Crippen molar-refractivity contribution >= 4 is 5.97 Å². The Morgan fingerprint density at radius 1 is 1.48 bits per heavy atom. The van der Waals surface area contributed by atoms with E-state index >= 15 is 0 Å². The van der Waals surface area contributed by atoms with Crippen molar-refractivity contribution in [2.24, 2.45) is 0 Å². The fraction of sp³-hybridized carbons (Fsp3) is 0.938. The molecule has 21 heavy (non-hydrogen) atoms. The van der Waals surface area contributed by atoms with Crippen LogP contribution in [0.1, 0.15) is 52.4 Å². The molecule has 2 aliphatic rings. The lowest BCUT2D eigenvalue weighted by Gasteiger charge is -2.31. The predicted octanol–water partition coefficient (Wildman–Crippen LogP) is 1.86. The number of nitrogens with zero attached hydrogens (tertiary/aromatic N) is 1. The zero-order valence-corrected chi connectivity index (χ0v) is 13.4. The molecule has 2 unspecified atom stereocenters. The number of nitrogens with one attached hydrogen (secondary N) is 1. The van der Waals surface area contributed by atoms with E-state index in [2.05, 4.69) is 17.1 Å². The van der Waals surface area contributed by atoms with Crippen molar-refractivity contribution in [3.63, 3.8) is 0 Å². The highest BCUT2D eigenvalue weighted by atomic mass is 16.5. The summed E-state index contributed by atoms with van der Waals surface area (Å²) in [4.78, 5) is 14.1. The van der Waals surface area contributed by atoms with Gasteiger partial charge in [0, 0.05) is 25.7 Å². The van der Waals surface area contributed by atoms with Crippen LogP contribution in [0.4, 0.5) is 0 Å². The molecule has 0 spiro atoms. The van der Waals surface area contributed by atoms with Crippen molar-refractivity contribution in [3.8, 4) is 0 Å². The third-order valence-electron chi connectivity index (χ3n) is 4.68. The average molecular weight is 298 g/mol.